The van der Waals surface area contributed by atoms with E-state index in [4.69, 9.17) is 4.74 Å². The lowest BCUT2D eigenvalue weighted by molar-refractivity contribution is 0.0947. The summed E-state index contributed by atoms with van der Waals surface area (Å²) < 4.78 is 5.15. The molecule has 0 atom stereocenters. The zero-order valence-corrected chi connectivity index (χ0v) is 9.18. The Morgan fingerprint density at radius 2 is 1.83 bits per heavy atom. The lowest BCUT2D eigenvalue weighted by Gasteiger charge is -2.25. The fourth-order valence-electron chi connectivity index (χ4n) is 1.38. The van der Waals surface area contributed by atoms with Crippen molar-refractivity contribution in [1.82, 2.24) is 4.90 Å². The van der Waals surface area contributed by atoms with Crippen LogP contribution in [0.2, 0.25) is 0 Å². The molecule has 0 spiro atoms. The second kappa shape index (κ2) is 5.55. The lowest BCUT2D eigenvalue weighted by atomic mass is 10.2. The van der Waals surface area contributed by atoms with Crippen molar-refractivity contribution < 1.29 is 4.74 Å². The Bertz CT molecular complexity index is 110. The van der Waals surface area contributed by atoms with Crippen molar-refractivity contribution in [2.75, 3.05) is 27.3 Å². The van der Waals surface area contributed by atoms with E-state index < -0.39 is 0 Å². The molecule has 0 unspecified atom stereocenters. The summed E-state index contributed by atoms with van der Waals surface area (Å²) in [4.78, 5) is 2.39. The predicted molar refractivity (Wildman–Crippen MR) is 53.5 cm³/mol. The molecule has 1 fully saturated rings. The quantitative estimate of drug-likeness (QED) is 0.646. The van der Waals surface area contributed by atoms with Crippen molar-refractivity contribution in [2.24, 2.45) is 0 Å². The average Bonchev–Trinajstić information content (AvgIpc) is 2.89. The molecule has 0 aromatic rings. The highest BCUT2D eigenvalue weighted by atomic mass is 16.5. The molecule has 0 heterocycles. The maximum Gasteiger partial charge on any atom is 0.0646 e. The molecule has 1 rings (SSSR count). The number of hydrogen-bond acceptors (Lipinski definition) is 2. The first-order valence-corrected chi connectivity index (χ1v) is 4.95. The summed E-state index contributed by atoms with van der Waals surface area (Å²) in [6, 6.07) is 0. The van der Waals surface area contributed by atoms with Gasteiger partial charge in [-0.1, -0.05) is 20.8 Å². The molecular weight excluding hydrogens is 150 g/mol. The second-order valence-corrected chi connectivity index (χ2v) is 3.17. The molecule has 0 radical (unpaired) electrons. The van der Waals surface area contributed by atoms with Crippen LogP contribution in [0, 0.1) is 0 Å². The first-order valence-electron chi connectivity index (χ1n) is 4.95. The standard InChI is InChI=1S/C8H17NO.C2H6/c1-4-9(2)8(5-6-8)7-10-3;1-2/h4-7H2,1-3H3;1-2H3. The number of methoxy groups -OCH3 is 1. The Labute approximate surface area is 76.9 Å². The largest absolute Gasteiger partial charge is 0.383 e. The van der Waals surface area contributed by atoms with Gasteiger partial charge in [-0.25, -0.2) is 0 Å². The fraction of sp³-hybridized carbons (Fsp3) is 1.00. The average molecular weight is 173 g/mol. The van der Waals surface area contributed by atoms with Crippen molar-refractivity contribution in [3.63, 3.8) is 0 Å². The van der Waals surface area contributed by atoms with Crippen LogP contribution < -0.4 is 0 Å². The van der Waals surface area contributed by atoms with E-state index in [1.807, 2.05) is 13.8 Å². The predicted octanol–water partition coefficient (Wildman–Crippen LogP) is 2.14. The van der Waals surface area contributed by atoms with Crippen LogP contribution >= 0.6 is 0 Å². The van der Waals surface area contributed by atoms with Gasteiger partial charge in [0.15, 0.2) is 0 Å². The Kier molecular flexibility index (Phi) is 5.51. The SMILES string of the molecule is CC.CCN(C)C1(COC)CC1. The van der Waals surface area contributed by atoms with Gasteiger partial charge in [0, 0.05) is 12.6 Å². The zero-order valence-electron chi connectivity index (χ0n) is 9.18. The summed E-state index contributed by atoms with van der Waals surface area (Å²) >= 11 is 0. The summed E-state index contributed by atoms with van der Waals surface area (Å²) in [5, 5.41) is 0. The number of nitrogens with zero attached hydrogens (tertiary/aromatic N) is 1. The number of likely N-dealkylation sites (N-methyl/N-ethyl adjacent to an activating group) is 1. The molecule has 2 nitrogen and oxygen atoms in total. The van der Waals surface area contributed by atoms with E-state index in [0.29, 0.717) is 5.54 Å². The molecule has 0 saturated heterocycles. The summed E-state index contributed by atoms with van der Waals surface area (Å²) in [5.74, 6) is 0. The summed E-state index contributed by atoms with van der Waals surface area (Å²) in [5.41, 5.74) is 0.420. The minimum absolute atomic E-state index is 0.420. The Morgan fingerprint density at radius 1 is 1.33 bits per heavy atom. The van der Waals surface area contributed by atoms with E-state index in [0.717, 1.165) is 13.2 Å². The van der Waals surface area contributed by atoms with E-state index >= 15 is 0 Å². The molecule has 74 valence electrons. The van der Waals surface area contributed by atoms with E-state index in [1.54, 1.807) is 7.11 Å². The first kappa shape index (κ1) is 11.9. The van der Waals surface area contributed by atoms with E-state index in [9.17, 15) is 0 Å². The normalized spacial score (nSPS) is 18.5. The third-order valence-corrected chi connectivity index (χ3v) is 2.52. The van der Waals surface area contributed by atoms with Gasteiger partial charge in [-0.15, -0.1) is 0 Å². The van der Waals surface area contributed by atoms with Crippen molar-refractivity contribution in [2.45, 2.75) is 39.2 Å². The smallest absolute Gasteiger partial charge is 0.0646 e. The van der Waals surface area contributed by atoms with E-state index in [1.165, 1.54) is 12.8 Å². The minimum Gasteiger partial charge on any atom is -0.383 e. The van der Waals surface area contributed by atoms with Gasteiger partial charge in [0.05, 0.1) is 6.61 Å². The van der Waals surface area contributed by atoms with Gasteiger partial charge < -0.3 is 4.74 Å². The maximum atomic E-state index is 5.15. The third-order valence-electron chi connectivity index (χ3n) is 2.52. The zero-order chi connectivity index (χ0) is 9.61. The molecule has 12 heavy (non-hydrogen) atoms. The van der Waals surface area contributed by atoms with Gasteiger partial charge in [0.25, 0.3) is 0 Å². The first-order chi connectivity index (χ1) is 5.75. The molecular formula is C10H23NO. The fourth-order valence-corrected chi connectivity index (χ4v) is 1.38. The van der Waals surface area contributed by atoms with E-state index in [2.05, 4.69) is 18.9 Å². The second-order valence-electron chi connectivity index (χ2n) is 3.17. The summed E-state index contributed by atoms with van der Waals surface area (Å²) in [7, 11) is 3.95. The summed E-state index contributed by atoms with van der Waals surface area (Å²) in [6.45, 7) is 8.22. The van der Waals surface area contributed by atoms with Crippen LogP contribution in [-0.2, 0) is 4.74 Å². The topological polar surface area (TPSA) is 12.5 Å². The van der Waals surface area contributed by atoms with Crippen LogP contribution in [0.25, 0.3) is 0 Å². The molecule has 0 aromatic heterocycles. The number of ether oxygens (including phenoxy) is 1. The van der Waals surface area contributed by atoms with Crippen LogP contribution in [0.1, 0.15) is 33.6 Å². The molecule has 1 aliphatic rings. The lowest BCUT2D eigenvalue weighted by Crippen LogP contribution is -2.37. The van der Waals surface area contributed by atoms with Gasteiger partial charge >= 0.3 is 0 Å². The van der Waals surface area contributed by atoms with Crippen molar-refractivity contribution >= 4 is 0 Å². The van der Waals surface area contributed by atoms with Crippen molar-refractivity contribution in [3.05, 3.63) is 0 Å². The minimum atomic E-state index is 0.420. The molecule has 1 aliphatic carbocycles. The van der Waals surface area contributed by atoms with Gasteiger partial charge in [-0.2, -0.15) is 0 Å². The van der Waals surface area contributed by atoms with Crippen molar-refractivity contribution in [3.8, 4) is 0 Å². The molecule has 0 N–H and O–H groups in total. The van der Waals surface area contributed by atoms with Gasteiger partial charge in [-0.3, -0.25) is 4.90 Å². The Balaban J connectivity index is 0.000000561. The number of rotatable bonds is 4. The molecule has 0 aromatic carbocycles. The van der Waals surface area contributed by atoms with Gasteiger partial charge in [-0.05, 0) is 26.4 Å². The molecule has 2 heteroatoms. The van der Waals surface area contributed by atoms with Crippen LogP contribution in [0.15, 0.2) is 0 Å². The summed E-state index contributed by atoms with van der Waals surface area (Å²) in [6.07, 6.45) is 2.62. The highest BCUT2D eigenvalue weighted by Crippen LogP contribution is 2.40. The monoisotopic (exact) mass is 173 g/mol. The molecule has 1 saturated carbocycles. The highest BCUT2D eigenvalue weighted by molar-refractivity contribution is 5.02. The van der Waals surface area contributed by atoms with E-state index in [-0.39, 0.29) is 0 Å². The molecule has 0 amide bonds. The van der Waals surface area contributed by atoms with Crippen molar-refractivity contribution in [1.29, 1.82) is 0 Å². The maximum absolute atomic E-state index is 5.15. The Morgan fingerprint density at radius 3 is 2.08 bits per heavy atom. The van der Waals surface area contributed by atoms with Gasteiger partial charge in [0.1, 0.15) is 0 Å². The van der Waals surface area contributed by atoms with Crippen LogP contribution in [0.5, 0.6) is 0 Å². The number of hydrogen-bond donors (Lipinski definition) is 0. The third kappa shape index (κ3) is 2.76. The molecule has 0 aliphatic heterocycles. The highest BCUT2D eigenvalue weighted by Gasteiger charge is 2.45. The molecule has 0 bridgehead atoms. The van der Waals surface area contributed by atoms with Crippen LogP contribution in [0.4, 0.5) is 0 Å². The Hall–Kier alpha value is -0.0800. The van der Waals surface area contributed by atoms with Crippen LogP contribution in [-0.4, -0.2) is 37.7 Å². The van der Waals surface area contributed by atoms with Gasteiger partial charge in [0.2, 0.25) is 0 Å². The van der Waals surface area contributed by atoms with Crippen LogP contribution in [0.3, 0.4) is 0 Å².